The van der Waals surface area contributed by atoms with Gasteiger partial charge in [0.1, 0.15) is 13.2 Å². The number of hydrogen-bond donors (Lipinski definition) is 3. The van der Waals surface area contributed by atoms with Crippen LogP contribution in [0.3, 0.4) is 0 Å². The van der Waals surface area contributed by atoms with Crippen LogP contribution in [-0.4, -0.2) is 73.4 Å². The molecule has 0 saturated heterocycles. The lowest BCUT2D eigenvalue weighted by atomic mass is 10.0. The Kier molecular flexibility index (Phi) is 66.7. The van der Waals surface area contributed by atoms with Crippen molar-refractivity contribution in [2.75, 3.05) is 40.9 Å². The number of nitrogens with zero attached hydrogens (tertiary/aromatic N) is 1. The van der Waals surface area contributed by atoms with E-state index < -0.39 is 20.0 Å². The van der Waals surface area contributed by atoms with E-state index in [0.29, 0.717) is 17.4 Å². The van der Waals surface area contributed by atoms with Gasteiger partial charge in [0, 0.05) is 6.42 Å². The maximum absolute atomic E-state index is 13.1. The lowest BCUT2D eigenvalue weighted by Gasteiger charge is -2.25. The molecule has 0 saturated carbocycles. The average molecular weight is 1240 g/mol. The summed E-state index contributed by atoms with van der Waals surface area (Å²) >= 11 is 0. The molecule has 0 aliphatic carbocycles. The second-order valence-electron chi connectivity index (χ2n) is 27.0. The number of allylic oxidation sites excluding steroid dienone is 11. The van der Waals surface area contributed by atoms with Crippen molar-refractivity contribution in [3.05, 3.63) is 72.9 Å². The lowest BCUT2D eigenvalue weighted by molar-refractivity contribution is -0.870. The molecule has 87 heavy (non-hydrogen) atoms. The topological polar surface area (TPSA) is 105 Å². The van der Waals surface area contributed by atoms with E-state index in [1.807, 2.05) is 27.2 Å². The molecule has 0 fully saturated rings. The molecule has 0 rings (SSSR count). The molecule has 3 N–H and O–H groups in total. The monoisotopic (exact) mass is 1240 g/mol. The van der Waals surface area contributed by atoms with Crippen molar-refractivity contribution in [2.45, 2.75) is 379 Å². The number of carbonyl (C=O) groups excluding carboxylic acids is 1. The summed E-state index contributed by atoms with van der Waals surface area (Å²) in [5.41, 5.74) is 0. The normalized spacial score (nSPS) is 14.0. The Hall–Kier alpha value is -2.06. The van der Waals surface area contributed by atoms with Crippen molar-refractivity contribution in [3.63, 3.8) is 0 Å². The number of rotatable bonds is 70. The lowest BCUT2D eigenvalue weighted by Crippen LogP contribution is -2.45. The van der Waals surface area contributed by atoms with Crippen LogP contribution in [0.25, 0.3) is 0 Å². The highest BCUT2D eigenvalue weighted by Crippen LogP contribution is 2.43. The van der Waals surface area contributed by atoms with Crippen LogP contribution in [0.1, 0.15) is 367 Å². The van der Waals surface area contributed by atoms with E-state index in [1.165, 1.54) is 276 Å². The number of aliphatic hydroxyl groups is 1. The summed E-state index contributed by atoms with van der Waals surface area (Å²) in [6.07, 6.45) is 96.4. The molecule has 9 heteroatoms. The fourth-order valence-corrected chi connectivity index (χ4v) is 12.1. The van der Waals surface area contributed by atoms with Crippen molar-refractivity contribution >= 4 is 13.7 Å². The van der Waals surface area contributed by atoms with Gasteiger partial charge in [-0.05, 0) is 64.2 Å². The number of amides is 1. The molecule has 8 nitrogen and oxygen atoms in total. The number of phosphoric acid groups is 1. The minimum absolute atomic E-state index is 0.0613. The maximum Gasteiger partial charge on any atom is 0.472 e. The third-order valence-electron chi connectivity index (χ3n) is 17.2. The zero-order valence-electron chi connectivity index (χ0n) is 58.5. The van der Waals surface area contributed by atoms with Crippen LogP contribution in [-0.2, 0) is 18.4 Å². The zero-order chi connectivity index (χ0) is 63.4. The molecule has 0 aromatic carbocycles. The molecule has 0 bridgehead atoms. The highest BCUT2D eigenvalue weighted by molar-refractivity contribution is 7.47. The summed E-state index contributed by atoms with van der Waals surface area (Å²) in [6.45, 7) is 4.75. The first-order chi connectivity index (χ1) is 42.5. The van der Waals surface area contributed by atoms with Gasteiger partial charge in [-0.25, -0.2) is 4.57 Å². The van der Waals surface area contributed by atoms with Crippen LogP contribution in [0.5, 0.6) is 0 Å². The number of quaternary nitrogens is 1. The van der Waals surface area contributed by atoms with E-state index in [4.69, 9.17) is 9.05 Å². The van der Waals surface area contributed by atoms with Gasteiger partial charge in [0.2, 0.25) is 5.91 Å². The molecule has 0 radical (unpaired) electrons. The average Bonchev–Trinajstić information content (AvgIpc) is 3.71. The summed E-state index contributed by atoms with van der Waals surface area (Å²) in [5.74, 6) is -0.172. The second-order valence-corrected chi connectivity index (χ2v) is 28.5. The van der Waals surface area contributed by atoms with Gasteiger partial charge in [-0.2, -0.15) is 0 Å². The number of phosphoric ester groups is 1. The molecular weight excluding hydrogens is 1090 g/mol. The summed E-state index contributed by atoms with van der Waals surface area (Å²) < 4.78 is 23.9. The highest BCUT2D eigenvalue weighted by atomic mass is 31.2. The largest absolute Gasteiger partial charge is 0.472 e. The smallest absolute Gasteiger partial charge is 0.387 e. The standard InChI is InChI=1S/C78H147N2O6P/c1-6-8-10-12-14-16-18-20-22-24-26-28-30-32-34-36-38-40-42-44-46-48-50-52-54-56-58-60-62-64-66-68-70-72-78(82)79-76(75-86-87(83,84)85-74-73-80(3,4)5)77(81)71-69-67-65-63-61-59-57-55-53-51-49-47-45-43-41-39-37-35-33-31-29-27-25-23-21-19-17-15-13-11-9-7-2/h8,10,14,16,20,22,26,28,32,34,69,71,76-77,81H,6-7,9,11-13,15,17-19,21,23-25,27,29-31,33,35-68,70,72-75H2,1-5H3,(H-,79,82,83,84)/p+1/b10-8-,16-14-,22-20-,28-26-,34-32-,71-69+. The van der Waals surface area contributed by atoms with E-state index in [-0.39, 0.29) is 19.1 Å². The fraction of sp³-hybridized carbons (Fsp3) is 0.833. The second kappa shape index (κ2) is 68.3. The Balaban J connectivity index is 4.01. The summed E-state index contributed by atoms with van der Waals surface area (Å²) in [7, 11) is 1.58. The number of nitrogens with one attached hydrogen (secondary N) is 1. The quantitative estimate of drug-likeness (QED) is 0.0243. The van der Waals surface area contributed by atoms with Gasteiger partial charge in [0.05, 0.1) is 39.9 Å². The van der Waals surface area contributed by atoms with Gasteiger partial charge >= 0.3 is 7.82 Å². The number of carbonyl (C=O) groups is 1. The van der Waals surface area contributed by atoms with Crippen molar-refractivity contribution in [1.82, 2.24) is 5.32 Å². The van der Waals surface area contributed by atoms with Crippen LogP contribution >= 0.6 is 7.82 Å². The van der Waals surface area contributed by atoms with Crippen molar-refractivity contribution in [2.24, 2.45) is 0 Å². The minimum Gasteiger partial charge on any atom is -0.387 e. The van der Waals surface area contributed by atoms with Gasteiger partial charge in [-0.1, -0.05) is 369 Å². The first-order valence-corrected chi connectivity index (χ1v) is 39.3. The first-order valence-electron chi connectivity index (χ1n) is 37.8. The van der Waals surface area contributed by atoms with Gasteiger partial charge in [0.25, 0.3) is 0 Å². The summed E-state index contributed by atoms with van der Waals surface area (Å²) in [4.78, 5) is 23.5. The molecule has 510 valence electrons. The third kappa shape index (κ3) is 71.2. The predicted molar refractivity (Wildman–Crippen MR) is 383 cm³/mol. The Bertz CT molecular complexity index is 1650. The van der Waals surface area contributed by atoms with Crippen LogP contribution in [0.15, 0.2) is 72.9 Å². The molecule has 3 atom stereocenters. The fourth-order valence-electron chi connectivity index (χ4n) is 11.4. The Morgan fingerprint density at radius 1 is 0.402 bits per heavy atom. The minimum atomic E-state index is -4.36. The maximum atomic E-state index is 13.1. The van der Waals surface area contributed by atoms with Gasteiger partial charge < -0.3 is 19.8 Å². The van der Waals surface area contributed by atoms with E-state index in [1.54, 1.807) is 6.08 Å². The van der Waals surface area contributed by atoms with Crippen LogP contribution in [0.4, 0.5) is 0 Å². The van der Waals surface area contributed by atoms with Crippen molar-refractivity contribution < 1.29 is 32.9 Å². The summed E-state index contributed by atoms with van der Waals surface area (Å²) in [5, 5.41) is 14.0. The molecule has 0 aliphatic heterocycles. The molecule has 0 heterocycles. The number of aliphatic hydroxyl groups excluding tert-OH is 1. The van der Waals surface area contributed by atoms with E-state index in [9.17, 15) is 19.4 Å². The Morgan fingerprint density at radius 2 is 0.690 bits per heavy atom. The van der Waals surface area contributed by atoms with E-state index >= 15 is 0 Å². The summed E-state index contributed by atoms with van der Waals surface area (Å²) in [6, 6.07) is -0.851. The van der Waals surface area contributed by atoms with E-state index in [2.05, 4.69) is 79.9 Å². The van der Waals surface area contributed by atoms with Crippen LogP contribution in [0, 0.1) is 0 Å². The molecule has 0 aromatic rings. The van der Waals surface area contributed by atoms with Crippen molar-refractivity contribution in [1.29, 1.82) is 0 Å². The molecule has 0 spiro atoms. The third-order valence-corrected chi connectivity index (χ3v) is 18.2. The van der Waals surface area contributed by atoms with Gasteiger partial charge in [-0.3, -0.25) is 13.8 Å². The Labute approximate surface area is 542 Å². The molecule has 1 amide bonds. The zero-order valence-corrected chi connectivity index (χ0v) is 59.4. The van der Waals surface area contributed by atoms with E-state index in [0.717, 1.165) is 70.6 Å². The molecular formula is C78H148N2O6P+. The van der Waals surface area contributed by atoms with Crippen LogP contribution in [0.2, 0.25) is 0 Å². The number of likely N-dealkylation sites (N-methyl/N-ethyl adjacent to an activating group) is 1. The Morgan fingerprint density at radius 3 is 1.01 bits per heavy atom. The van der Waals surface area contributed by atoms with Crippen molar-refractivity contribution in [3.8, 4) is 0 Å². The molecule has 0 aromatic heterocycles. The SMILES string of the molecule is CC/C=C\C/C=C\C/C=C\C/C=C\C/C=C\CCCCCCCCCCCCCCCCCCCC(=O)NC(COP(=O)(O)OCC[N+](C)(C)C)C(O)/C=C/CCCCCCCCCCCCCCCCCCCCCCCCCCCCCCCC. The van der Waals surface area contributed by atoms with Gasteiger partial charge in [0.15, 0.2) is 0 Å². The molecule has 3 unspecified atom stereocenters. The number of unbranched alkanes of at least 4 members (excludes halogenated alkanes) is 47. The molecule has 0 aliphatic rings. The van der Waals surface area contributed by atoms with Crippen LogP contribution < -0.4 is 5.32 Å². The predicted octanol–water partition coefficient (Wildman–Crippen LogP) is 24.5. The number of hydrogen-bond acceptors (Lipinski definition) is 5. The first kappa shape index (κ1) is 84.9. The van der Waals surface area contributed by atoms with Gasteiger partial charge in [-0.15, -0.1) is 0 Å². The highest BCUT2D eigenvalue weighted by Gasteiger charge is 2.28.